The quantitative estimate of drug-likeness (QED) is 0.551. The molecule has 1 rings (SSSR count). The third-order valence-corrected chi connectivity index (χ3v) is 0.957. The average Bonchev–Trinajstić information content (AvgIpc) is 1.94. The van der Waals surface area contributed by atoms with E-state index in [2.05, 4.69) is 10.2 Å². The van der Waals surface area contributed by atoms with E-state index in [1.54, 1.807) is 31.5 Å². The molecule has 4 nitrogen and oxygen atoms in total. The zero-order valence-corrected chi connectivity index (χ0v) is 5.65. The van der Waals surface area contributed by atoms with Gasteiger partial charge in [0.15, 0.2) is 5.49 Å². The molecule has 0 bridgehead atoms. The van der Waals surface area contributed by atoms with Gasteiger partial charge < -0.3 is 0 Å². The monoisotopic (exact) mass is 136 g/mol. The molecule has 0 spiro atoms. The second kappa shape index (κ2) is 2.91. The van der Waals surface area contributed by atoms with E-state index in [9.17, 15) is 0 Å². The molecule has 0 saturated heterocycles. The van der Waals surface area contributed by atoms with Crippen LogP contribution in [0.25, 0.3) is 0 Å². The van der Waals surface area contributed by atoms with Crippen molar-refractivity contribution in [1.29, 1.82) is 5.41 Å². The van der Waals surface area contributed by atoms with Gasteiger partial charge in [0.25, 0.3) is 0 Å². The van der Waals surface area contributed by atoms with Crippen LogP contribution in [0.5, 0.6) is 0 Å². The first-order valence-electron chi connectivity index (χ1n) is 2.92. The number of nitrogens with zero attached hydrogens (tertiary/aromatic N) is 3. The minimum Gasteiger partial charge on any atom is -0.281 e. The molecule has 4 heteroatoms. The second-order valence-corrected chi connectivity index (χ2v) is 1.67. The van der Waals surface area contributed by atoms with Crippen LogP contribution in [0.4, 0.5) is 0 Å². The molecule has 10 heavy (non-hydrogen) atoms. The lowest BCUT2D eigenvalue weighted by atomic mass is 10.6. The minimum absolute atomic E-state index is 0.278. The predicted molar refractivity (Wildman–Crippen MR) is 37.6 cm³/mol. The topological polar surface area (TPSA) is 54.0 Å². The van der Waals surface area contributed by atoms with Crippen LogP contribution in [0.15, 0.2) is 23.4 Å². The maximum atomic E-state index is 7.26. The summed E-state index contributed by atoms with van der Waals surface area (Å²) in [5.41, 5.74) is 0.278. The van der Waals surface area contributed by atoms with Crippen LogP contribution in [0.3, 0.4) is 0 Å². The molecule has 52 valence electrons. The van der Waals surface area contributed by atoms with Crippen molar-refractivity contribution < 1.29 is 0 Å². The fourth-order valence-corrected chi connectivity index (χ4v) is 0.566. The van der Waals surface area contributed by atoms with Gasteiger partial charge in [-0.05, 0) is 19.1 Å². The van der Waals surface area contributed by atoms with E-state index in [1.165, 1.54) is 4.79 Å². The van der Waals surface area contributed by atoms with Gasteiger partial charge in [0.2, 0.25) is 0 Å². The Bertz CT molecular complexity index is 286. The summed E-state index contributed by atoms with van der Waals surface area (Å²) in [6.07, 6.45) is 3.18. The largest absolute Gasteiger partial charge is 0.281 e. The lowest BCUT2D eigenvalue weighted by Gasteiger charge is -1.92. The molecule has 0 unspecified atom stereocenters. The Balaban J connectivity index is 3.16. The molecule has 1 aromatic rings. The number of nitrogens with one attached hydrogen (secondary N) is 1. The molecule has 0 aliphatic rings. The van der Waals surface area contributed by atoms with Gasteiger partial charge >= 0.3 is 0 Å². The van der Waals surface area contributed by atoms with Gasteiger partial charge in [0.05, 0.1) is 0 Å². The first kappa shape index (κ1) is 6.67. The summed E-state index contributed by atoms with van der Waals surface area (Å²) in [5.74, 6) is 0. The van der Waals surface area contributed by atoms with Crippen molar-refractivity contribution in [3.05, 3.63) is 23.8 Å². The highest BCUT2D eigenvalue weighted by molar-refractivity contribution is 5.52. The lowest BCUT2D eigenvalue weighted by molar-refractivity contribution is 0.663. The van der Waals surface area contributed by atoms with Crippen molar-refractivity contribution in [2.45, 2.75) is 6.92 Å². The molecular weight excluding hydrogens is 128 g/mol. The van der Waals surface area contributed by atoms with Crippen LogP contribution in [0.1, 0.15) is 6.92 Å². The van der Waals surface area contributed by atoms with Crippen LogP contribution < -0.4 is 5.49 Å². The second-order valence-electron chi connectivity index (χ2n) is 1.67. The molecule has 1 N–H and O–H groups in total. The van der Waals surface area contributed by atoms with E-state index >= 15 is 0 Å². The summed E-state index contributed by atoms with van der Waals surface area (Å²) < 4.78 is 0. The molecule has 0 aliphatic heterocycles. The molecule has 0 fully saturated rings. The van der Waals surface area contributed by atoms with E-state index in [1.807, 2.05) is 0 Å². The summed E-state index contributed by atoms with van der Waals surface area (Å²) in [5, 5.41) is 14.9. The van der Waals surface area contributed by atoms with Crippen molar-refractivity contribution in [2.24, 2.45) is 5.10 Å². The highest BCUT2D eigenvalue weighted by Gasteiger charge is 1.82. The Morgan fingerprint density at radius 2 is 2.60 bits per heavy atom. The van der Waals surface area contributed by atoms with Crippen LogP contribution in [0, 0.1) is 5.41 Å². The Kier molecular flexibility index (Phi) is 1.94. The van der Waals surface area contributed by atoms with Gasteiger partial charge in [-0.3, -0.25) is 5.41 Å². The molecule has 0 aliphatic carbocycles. The van der Waals surface area contributed by atoms with Gasteiger partial charge in [-0.15, -0.1) is 4.79 Å². The van der Waals surface area contributed by atoms with Gasteiger partial charge in [0, 0.05) is 12.4 Å². The van der Waals surface area contributed by atoms with Crippen molar-refractivity contribution in [3.8, 4) is 0 Å². The Labute approximate surface area is 58.3 Å². The zero-order valence-electron chi connectivity index (χ0n) is 5.65. The van der Waals surface area contributed by atoms with E-state index in [0.717, 1.165) is 0 Å². The third kappa shape index (κ3) is 1.28. The smallest absolute Gasteiger partial charge is 0.167 e. The van der Waals surface area contributed by atoms with Crippen LogP contribution in [-0.4, -0.2) is 16.1 Å². The van der Waals surface area contributed by atoms with E-state index < -0.39 is 0 Å². The fraction of sp³-hybridized carbons (Fsp3) is 0.167. The Morgan fingerprint density at radius 1 is 1.80 bits per heavy atom. The van der Waals surface area contributed by atoms with Crippen LogP contribution in [-0.2, 0) is 0 Å². The zero-order chi connectivity index (χ0) is 7.40. The average molecular weight is 136 g/mol. The summed E-state index contributed by atoms with van der Waals surface area (Å²) >= 11 is 0. The summed E-state index contributed by atoms with van der Waals surface area (Å²) in [6.45, 7) is 1.78. The van der Waals surface area contributed by atoms with E-state index in [-0.39, 0.29) is 5.49 Å². The van der Waals surface area contributed by atoms with Gasteiger partial charge in [0.1, 0.15) is 0 Å². The summed E-state index contributed by atoms with van der Waals surface area (Å²) in [6, 6.07) is 3.32. The standard InChI is InChI=1S/C6H8N4/c1-2-8-10-6(7)4-3-5-9-10/h2-5,7H,1H3/b7-6?,8-2-. The van der Waals surface area contributed by atoms with Gasteiger partial charge in [-0.2, -0.15) is 10.2 Å². The summed E-state index contributed by atoms with van der Waals surface area (Å²) in [7, 11) is 0. The van der Waals surface area contributed by atoms with E-state index in [0.29, 0.717) is 0 Å². The maximum absolute atomic E-state index is 7.26. The molecule has 0 amide bonds. The van der Waals surface area contributed by atoms with Gasteiger partial charge in [-0.25, -0.2) is 0 Å². The van der Waals surface area contributed by atoms with Gasteiger partial charge in [-0.1, -0.05) is 0 Å². The molecule has 0 atom stereocenters. The number of hydrogen-bond donors (Lipinski definition) is 1. The molecular formula is C6H8N4. The number of rotatable bonds is 1. The Morgan fingerprint density at radius 3 is 3.20 bits per heavy atom. The normalized spacial score (nSPS) is 10.5. The third-order valence-electron chi connectivity index (χ3n) is 0.957. The Hall–Kier alpha value is -1.45. The highest BCUT2D eigenvalue weighted by Crippen LogP contribution is 1.71. The van der Waals surface area contributed by atoms with Crippen LogP contribution >= 0.6 is 0 Å². The first-order valence-corrected chi connectivity index (χ1v) is 2.92. The lowest BCUT2D eigenvalue weighted by Crippen LogP contribution is -2.16. The molecule has 0 aromatic carbocycles. The molecule has 0 saturated carbocycles. The first-order chi connectivity index (χ1) is 4.84. The van der Waals surface area contributed by atoms with E-state index in [4.69, 9.17) is 5.41 Å². The minimum atomic E-state index is 0.278. The van der Waals surface area contributed by atoms with Crippen molar-refractivity contribution in [3.63, 3.8) is 0 Å². The maximum Gasteiger partial charge on any atom is 0.167 e. The number of hydrogen-bond acceptors (Lipinski definition) is 3. The SMILES string of the molecule is C/C=N\n1ncccc1=N. The highest BCUT2D eigenvalue weighted by atomic mass is 15.5. The fourth-order valence-electron chi connectivity index (χ4n) is 0.566. The van der Waals surface area contributed by atoms with Crippen LogP contribution in [0.2, 0.25) is 0 Å². The van der Waals surface area contributed by atoms with Crippen molar-refractivity contribution in [1.82, 2.24) is 9.89 Å². The molecule has 1 aromatic heterocycles. The summed E-state index contributed by atoms with van der Waals surface area (Å²) in [4.78, 5) is 1.25. The molecule has 1 heterocycles. The number of aromatic nitrogens is 2. The van der Waals surface area contributed by atoms with Crippen molar-refractivity contribution >= 4 is 6.21 Å². The molecule has 0 radical (unpaired) electrons. The van der Waals surface area contributed by atoms with Crippen molar-refractivity contribution in [2.75, 3.05) is 0 Å². The predicted octanol–water partition coefficient (Wildman–Crippen LogP) is 0.216.